The third-order valence-electron chi connectivity index (χ3n) is 7.57. The Labute approximate surface area is 192 Å². The highest BCUT2D eigenvalue weighted by Gasteiger charge is 2.28. The monoisotopic (exact) mass is 432 g/mol. The number of benzene rings is 2. The van der Waals surface area contributed by atoms with Gasteiger partial charge >= 0.3 is 0 Å². The predicted molar refractivity (Wildman–Crippen MR) is 128 cm³/mol. The van der Waals surface area contributed by atoms with Crippen LogP contribution in [0.1, 0.15) is 65.6 Å². The molecule has 2 aromatic rings. The fraction of sp³-hybridized carbons (Fsp3) is 0.536. The Morgan fingerprint density at radius 1 is 0.969 bits per heavy atom. The van der Waals surface area contributed by atoms with Crippen LogP contribution in [0.25, 0.3) is 0 Å². The van der Waals surface area contributed by atoms with Gasteiger partial charge in [0.25, 0.3) is 5.91 Å². The van der Waals surface area contributed by atoms with E-state index in [0.717, 1.165) is 55.7 Å². The quantitative estimate of drug-likeness (QED) is 0.607. The number of carbonyl (C=O) groups is 1. The molecule has 170 valence electrons. The minimum Gasteiger partial charge on any atom is -0.493 e. The van der Waals surface area contributed by atoms with Gasteiger partial charge in [0.15, 0.2) is 0 Å². The van der Waals surface area contributed by atoms with Crippen molar-refractivity contribution in [2.75, 3.05) is 20.2 Å². The lowest BCUT2D eigenvalue weighted by Crippen LogP contribution is -2.37. The van der Waals surface area contributed by atoms with Crippen molar-refractivity contribution in [1.29, 1.82) is 0 Å². The zero-order valence-corrected chi connectivity index (χ0v) is 19.3. The van der Waals surface area contributed by atoms with Crippen molar-refractivity contribution in [3.05, 3.63) is 64.7 Å². The van der Waals surface area contributed by atoms with E-state index in [4.69, 9.17) is 4.74 Å². The van der Waals surface area contributed by atoms with Gasteiger partial charge in [0.2, 0.25) is 0 Å². The lowest BCUT2D eigenvalue weighted by molar-refractivity contribution is 0.0737. The first-order valence-corrected chi connectivity index (χ1v) is 12.5. The van der Waals surface area contributed by atoms with Crippen molar-refractivity contribution in [2.45, 2.75) is 64.0 Å². The first-order valence-electron chi connectivity index (χ1n) is 12.5. The molecule has 0 spiro atoms. The molecule has 1 atom stereocenters. The lowest BCUT2D eigenvalue weighted by Gasteiger charge is -2.24. The summed E-state index contributed by atoms with van der Waals surface area (Å²) in [4.78, 5) is 15.0. The second-order valence-corrected chi connectivity index (χ2v) is 10.1. The normalized spacial score (nSPS) is 20.3. The second kappa shape index (κ2) is 9.66. The van der Waals surface area contributed by atoms with Crippen molar-refractivity contribution in [2.24, 2.45) is 11.8 Å². The Bertz CT molecular complexity index is 929. The Kier molecular flexibility index (Phi) is 6.49. The van der Waals surface area contributed by atoms with Crippen LogP contribution in [0.2, 0.25) is 0 Å². The van der Waals surface area contributed by atoms with Gasteiger partial charge in [-0.1, -0.05) is 31.0 Å². The molecule has 5 rings (SSSR count). The van der Waals surface area contributed by atoms with Gasteiger partial charge in [0.1, 0.15) is 5.75 Å². The summed E-state index contributed by atoms with van der Waals surface area (Å²) in [5.74, 6) is 2.55. The van der Waals surface area contributed by atoms with Gasteiger partial charge in [0.05, 0.1) is 6.61 Å². The number of nitrogens with one attached hydrogen (secondary N) is 1. The molecule has 0 aliphatic heterocycles. The Morgan fingerprint density at radius 3 is 2.47 bits per heavy atom. The van der Waals surface area contributed by atoms with Crippen molar-refractivity contribution < 1.29 is 9.53 Å². The minimum atomic E-state index is 0.0926. The van der Waals surface area contributed by atoms with E-state index in [1.165, 1.54) is 55.2 Å². The zero-order chi connectivity index (χ0) is 21.9. The summed E-state index contributed by atoms with van der Waals surface area (Å²) in [6.45, 7) is 2.88. The molecule has 0 aromatic heterocycles. The molecular formula is C28H36N2O2. The van der Waals surface area contributed by atoms with Gasteiger partial charge in [-0.25, -0.2) is 0 Å². The van der Waals surface area contributed by atoms with E-state index in [-0.39, 0.29) is 11.9 Å². The predicted octanol–water partition coefficient (Wildman–Crippen LogP) is 4.99. The number of hydrogen-bond donors (Lipinski definition) is 1. The molecule has 0 saturated heterocycles. The SMILES string of the molecule is CN(C(=O)c1ccc(OCC2CC2)cc1)[C@@H]1Cc2ccc(CNCC3CCCC3)cc2C1. The first-order chi connectivity index (χ1) is 15.7. The molecule has 32 heavy (non-hydrogen) atoms. The van der Waals surface area contributed by atoms with E-state index < -0.39 is 0 Å². The highest BCUT2D eigenvalue weighted by molar-refractivity contribution is 5.94. The number of ether oxygens (including phenoxy) is 1. The average molecular weight is 433 g/mol. The molecule has 4 heteroatoms. The third-order valence-corrected chi connectivity index (χ3v) is 7.57. The van der Waals surface area contributed by atoms with E-state index in [1.54, 1.807) is 0 Å². The second-order valence-electron chi connectivity index (χ2n) is 10.1. The number of rotatable bonds is 9. The van der Waals surface area contributed by atoms with Crippen LogP contribution in [0.5, 0.6) is 5.75 Å². The molecule has 2 aromatic carbocycles. The summed E-state index contributed by atoms with van der Waals surface area (Å²) < 4.78 is 5.81. The number of fused-ring (bicyclic) bond motifs is 1. The maximum Gasteiger partial charge on any atom is 0.253 e. The van der Waals surface area contributed by atoms with Crippen LogP contribution >= 0.6 is 0 Å². The minimum absolute atomic E-state index is 0.0926. The number of hydrogen-bond acceptors (Lipinski definition) is 3. The van der Waals surface area contributed by atoms with E-state index in [1.807, 2.05) is 36.2 Å². The van der Waals surface area contributed by atoms with Gasteiger partial charge in [0, 0.05) is 25.2 Å². The van der Waals surface area contributed by atoms with Crippen LogP contribution in [0.4, 0.5) is 0 Å². The lowest BCUT2D eigenvalue weighted by atomic mass is 10.1. The first kappa shape index (κ1) is 21.5. The van der Waals surface area contributed by atoms with Gasteiger partial charge in [-0.15, -0.1) is 0 Å². The molecule has 0 heterocycles. The summed E-state index contributed by atoms with van der Waals surface area (Å²) in [6, 6.07) is 14.8. The molecule has 3 aliphatic rings. The van der Waals surface area contributed by atoms with Gasteiger partial charge in [-0.2, -0.15) is 0 Å². The number of likely N-dealkylation sites (N-methyl/N-ethyl adjacent to an activating group) is 1. The molecule has 0 unspecified atom stereocenters. The third kappa shape index (κ3) is 5.17. The Morgan fingerprint density at radius 2 is 1.72 bits per heavy atom. The number of nitrogens with zero attached hydrogens (tertiary/aromatic N) is 1. The van der Waals surface area contributed by atoms with Crippen LogP contribution in [0.15, 0.2) is 42.5 Å². The summed E-state index contributed by atoms with van der Waals surface area (Å²) in [6.07, 6.45) is 10.0. The molecule has 4 nitrogen and oxygen atoms in total. The zero-order valence-electron chi connectivity index (χ0n) is 19.3. The smallest absolute Gasteiger partial charge is 0.253 e. The summed E-state index contributed by atoms with van der Waals surface area (Å²) >= 11 is 0. The molecule has 2 fully saturated rings. The van der Waals surface area contributed by atoms with Gasteiger partial charge < -0.3 is 15.0 Å². The van der Waals surface area contributed by atoms with Gasteiger partial charge in [-0.3, -0.25) is 4.79 Å². The highest BCUT2D eigenvalue weighted by Crippen LogP contribution is 2.30. The van der Waals surface area contributed by atoms with Crippen LogP contribution in [-0.2, 0) is 19.4 Å². The van der Waals surface area contributed by atoms with Crippen LogP contribution in [0, 0.1) is 11.8 Å². The highest BCUT2D eigenvalue weighted by atomic mass is 16.5. The van der Waals surface area contributed by atoms with Crippen molar-refractivity contribution >= 4 is 5.91 Å². The number of carbonyl (C=O) groups excluding carboxylic acids is 1. The van der Waals surface area contributed by atoms with Crippen LogP contribution < -0.4 is 10.1 Å². The number of amides is 1. The fourth-order valence-corrected chi connectivity index (χ4v) is 5.23. The molecular weight excluding hydrogens is 396 g/mol. The van der Waals surface area contributed by atoms with Crippen molar-refractivity contribution in [1.82, 2.24) is 10.2 Å². The summed E-state index contributed by atoms with van der Waals surface area (Å²) in [7, 11) is 1.94. The van der Waals surface area contributed by atoms with Crippen LogP contribution in [0.3, 0.4) is 0 Å². The maximum atomic E-state index is 13.1. The molecule has 1 amide bonds. The largest absolute Gasteiger partial charge is 0.493 e. The molecule has 3 aliphatic carbocycles. The molecule has 0 radical (unpaired) electrons. The Balaban J connectivity index is 1.14. The van der Waals surface area contributed by atoms with Crippen LogP contribution in [-0.4, -0.2) is 37.0 Å². The molecule has 0 bridgehead atoms. The van der Waals surface area contributed by atoms with Gasteiger partial charge in [-0.05, 0) is 97.9 Å². The van der Waals surface area contributed by atoms with E-state index >= 15 is 0 Å². The van der Waals surface area contributed by atoms with E-state index in [9.17, 15) is 4.79 Å². The molecule has 1 N–H and O–H groups in total. The molecule has 2 saturated carbocycles. The van der Waals surface area contributed by atoms with E-state index in [2.05, 4.69) is 23.5 Å². The fourth-order valence-electron chi connectivity index (χ4n) is 5.23. The van der Waals surface area contributed by atoms with E-state index in [0.29, 0.717) is 0 Å². The summed E-state index contributed by atoms with van der Waals surface area (Å²) in [5.41, 5.74) is 4.88. The van der Waals surface area contributed by atoms with Crippen molar-refractivity contribution in [3.63, 3.8) is 0 Å². The standard InChI is InChI=1S/C28H36N2O2/c1-30(28(31)23-10-12-27(13-11-23)32-19-21-6-7-21)26-15-24-9-8-22(14-25(24)16-26)18-29-17-20-4-2-3-5-20/h8-14,20-21,26,29H,2-7,15-19H2,1H3/t26-/m1/s1. The topological polar surface area (TPSA) is 41.6 Å². The Hall–Kier alpha value is -2.33. The average Bonchev–Trinajstić information content (AvgIpc) is 3.31. The summed E-state index contributed by atoms with van der Waals surface area (Å²) in [5, 5.41) is 3.66. The van der Waals surface area contributed by atoms with Crippen molar-refractivity contribution in [3.8, 4) is 5.75 Å². The maximum absolute atomic E-state index is 13.1.